The second-order valence-corrected chi connectivity index (χ2v) is 4.03. The summed E-state index contributed by atoms with van der Waals surface area (Å²) in [6, 6.07) is 6.39. The van der Waals surface area contributed by atoms with E-state index < -0.39 is 0 Å². The van der Waals surface area contributed by atoms with Crippen LogP contribution in [0.2, 0.25) is 0 Å². The summed E-state index contributed by atoms with van der Waals surface area (Å²) in [7, 11) is 0. The number of rotatable bonds is 3. The van der Waals surface area contributed by atoms with Crippen molar-refractivity contribution in [1.82, 2.24) is 0 Å². The molecule has 0 aromatic heterocycles. The molecule has 1 aromatic rings. The van der Waals surface area contributed by atoms with Gasteiger partial charge in [0.25, 0.3) is 0 Å². The van der Waals surface area contributed by atoms with Gasteiger partial charge >= 0.3 is 0 Å². The predicted molar refractivity (Wildman–Crippen MR) is 54.9 cm³/mol. The molecule has 1 N–H and O–H groups in total. The fraction of sp³-hybridized carbons (Fsp3) is 0.333. The van der Waals surface area contributed by atoms with Crippen molar-refractivity contribution in [1.29, 1.82) is 0 Å². The van der Waals surface area contributed by atoms with Crippen LogP contribution in [0, 0.1) is 5.82 Å². The first-order chi connectivity index (χ1) is 5.74. The highest BCUT2D eigenvalue weighted by Gasteiger charge is 2.05. The zero-order chi connectivity index (χ0) is 8.97. The third-order valence-electron chi connectivity index (χ3n) is 1.61. The molecule has 1 nitrogen and oxygen atoms in total. The SMILES string of the molecule is OCCC(I)c1ccc(F)cc1. The van der Waals surface area contributed by atoms with Gasteiger partial charge in [-0.15, -0.1) is 0 Å². The molecule has 3 heteroatoms. The van der Waals surface area contributed by atoms with E-state index in [1.54, 1.807) is 12.1 Å². The van der Waals surface area contributed by atoms with Crippen LogP contribution < -0.4 is 0 Å². The lowest BCUT2D eigenvalue weighted by Gasteiger charge is -2.07. The number of hydrogen-bond donors (Lipinski definition) is 1. The summed E-state index contributed by atoms with van der Waals surface area (Å²) in [5, 5.41) is 8.67. The van der Waals surface area contributed by atoms with E-state index >= 15 is 0 Å². The van der Waals surface area contributed by atoms with Crippen LogP contribution in [-0.4, -0.2) is 11.7 Å². The lowest BCUT2D eigenvalue weighted by molar-refractivity contribution is 0.289. The minimum atomic E-state index is -0.216. The van der Waals surface area contributed by atoms with E-state index in [4.69, 9.17) is 5.11 Å². The van der Waals surface area contributed by atoms with Crippen molar-refractivity contribution in [2.24, 2.45) is 0 Å². The maximum atomic E-state index is 12.5. The third kappa shape index (κ3) is 2.71. The predicted octanol–water partition coefficient (Wildman–Crippen LogP) is 2.68. The second kappa shape index (κ2) is 4.77. The van der Waals surface area contributed by atoms with Gasteiger partial charge in [-0.05, 0) is 24.1 Å². The van der Waals surface area contributed by atoms with Crippen LogP contribution in [0.15, 0.2) is 24.3 Å². The van der Waals surface area contributed by atoms with Crippen molar-refractivity contribution >= 4 is 22.6 Å². The van der Waals surface area contributed by atoms with Gasteiger partial charge in [0, 0.05) is 10.5 Å². The van der Waals surface area contributed by atoms with Gasteiger partial charge < -0.3 is 5.11 Å². The summed E-state index contributed by atoms with van der Waals surface area (Å²) in [6.07, 6.45) is 0.714. The zero-order valence-corrected chi connectivity index (χ0v) is 8.66. The molecular formula is C9H10FIO. The van der Waals surface area contributed by atoms with Crippen molar-refractivity contribution in [2.45, 2.75) is 10.3 Å². The number of benzene rings is 1. The van der Waals surface area contributed by atoms with Gasteiger partial charge in [0.1, 0.15) is 5.82 Å². The smallest absolute Gasteiger partial charge is 0.123 e. The average molecular weight is 280 g/mol. The van der Waals surface area contributed by atoms with E-state index in [0.717, 1.165) is 5.56 Å². The molecule has 0 saturated heterocycles. The maximum absolute atomic E-state index is 12.5. The molecular weight excluding hydrogens is 270 g/mol. The number of aliphatic hydroxyl groups is 1. The monoisotopic (exact) mass is 280 g/mol. The molecule has 0 heterocycles. The summed E-state index contributed by atoms with van der Waals surface area (Å²) >= 11 is 2.24. The first-order valence-electron chi connectivity index (χ1n) is 3.74. The van der Waals surface area contributed by atoms with E-state index in [-0.39, 0.29) is 16.3 Å². The van der Waals surface area contributed by atoms with Crippen LogP contribution >= 0.6 is 22.6 Å². The normalized spacial score (nSPS) is 12.9. The molecule has 66 valence electrons. The Labute approximate surface area is 84.7 Å². The van der Waals surface area contributed by atoms with E-state index in [1.165, 1.54) is 12.1 Å². The van der Waals surface area contributed by atoms with Gasteiger partial charge in [-0.25, -0.2) is 4.39 Å². The fourth-order valence-corrected chi connectivity index (χ4v) is 1.65. The molecule has 0 aliphatic carbocycles. The standard InChI is InChI=1S/C9H10FIO/c10-8-3-1-7(2-4-8)9(11)5-6-12/h1-4,9,12H,5-6H2. The van der Waals surface area contributed by atoms with E-state index in [9.17, 15) is 4.39 Å². The van der Waals surface area contributed by atoms with Crippen LogP contribution in [0.25, 0.3) is 0 Å². The second-order valence-electron chi connectivity index (χ2n) is 2.53. The van der Waals surface area contributed by atoms with Crippen molar-refractivity contribution in [3.8, 4) is 0 Å². The Morgan fingerprint density at radius 3 is 2.42 bits per heavy atom. The molecule has 0 aliphatic heterocycles. The van der Waals surface area contributed by atoms with Gasteiger partial charge in [0.05, 0.1) is 0 Å². The zero-order valence-electron chi connectivity index (χ0n) is 6.50. The van der Waals surface area contributed by atoms with Crippen molar-refractivity contribution < 1.29 is 9.50 Å². The minimum Gasteiger partial charge on any atom is -0.396 e. The molecule has 0 radical (unpaired) electrons. The number of hydrogen-bond acceptors (Lipinski definition) is 1. The topological polar surface area (TPSA) is 20.2 Å². The van der Waals surface area contributed by atoms with Gasteiger partial charge in [-0.1, -0.05) is 34.7 Å². The Kier molecular flexibility index (Phi) is 3.94. The molecule has 0 amide bonds. The summed E-state index contributed by atoms with van der Waals surface area (Å²) in [6.45, 7) is 0.172. The lowest BCUT2D eigenvalue weighted by atomic mass is 10.1. The molecule has 0 saturated carbocycles. The van der Waals surface area contributed by atoms with Gasteiger partial charge in [0.2, 0.25) is 0 Å². The molecule has 0 aliphatic rings. The summed E-state index contributed by atoms with van der Waals surface area (Å²) in [5.74, 6) is -0.216. The van der Waals surface area contributed by atoms with Crippen molar-refractivity contribution in [3.63, 3.8) is 0 Å². The maximum Gasteiger partial charge on any atom is 0.123 e. The van der Waals surface area contributed by atoms with Gasteiger partial charge in [0.15, 0.2) is 0 Å². The van der Waals surface area contributed by atoms with Crippen LogP contribution in [0.1, 0.15) is 15.9 Å². The molecule has 1 atom stereocenters. The Bertz CT molecular complexity index is 235. The molecule has 1 rings (SSSR count). The Balaban J connectivity index is 2.68. The molecule has 12 heavy (non-hydrogen) atoms. The molecule has 1 aromatic carbocycles. The van der Waals surface area contributed by atoms with Crippen molar-refractivity contribution in [2.75, 3.05) is 6.61 Å². The van der Waals surface area contributed by atoms with E-state index in [1.807, 2.05) is 0 Å². The van der Waals surface area contributed by atoms with Crippen molar-refractivity contribution in [3.05, 3.63) is 35.6 Å². The Morgan fingerprint density at radius 2 is 1.92 bits per heavy atom. The largest absolute Gasteiger partial charge is 0.396 e. The summed E-state index contributed by atoms with van der Waals surface area (Å²) in [4.78, 5) is 0. The van der Waals surface area contributed by atoms with E-state index in [0.29, 0.717) is 6.42 Å². The first kappa shape index (κ1) is 9.92. The summed E-state index contributed by atoms with van der Waals surface area (Å²) < 4.78 is 12.8. The number of halogens is 2. The average Bonchev–Trinajstić information content (AvgIpc) is 2.06. The van der Waals surface area contributed by atoms with E-state index in [2.05, 4.69) is 22.6 Å². The molecule has 1 unspecified atom stereocenters. The number of alkyl halides is 1. The quantitative estimate of drug-likeness (QED) is 0.666. The highest BCUT2D eigenvalue weighted by atomic mass is 127. The van der Waals surface area contributed by atoms with Gasteiger partial charge in [-0.3, -0.25) is 0 Å². The highest BCUT2D eigenvalue weighted by Crippen LogP contribution is 2.26. The molecule has 0 fully saturated rings. The third-order valence-corrected chi connectivity index (χ3v) is 2.96. The van der Waals surface area contributed by atoms with Crippen LogP contribution in [0.3, 0.4) is 0 Å². The first-order valence-corrected chi connectivity index (χ1v) is 4.99. The molecule has 0 spiro atoms. The lowest BCUT2D eigenvalue weighted by Crippen LogP contribution is -1.93. The Hall–Kier alpha value is -0.160. The molecule has 0 bridgehead atoms. The highest BCUT2D eigenvalue weighted by molar-refractivity contribution is 14.1. The van der Waals surface area contributed by atoms with Crippen LogP contribution in [-0.2, 0) is 0 Å². The number of aliphatic hydroxyl groups excluding tert-OH is 1. The fourth-order valence-electron chi connectivity index (χ4n) is 0.952. The van der Waals surface area contributed by atoms with Crippen LogP contribution in [0.5, 0.6) is 0 Å². The Morgan fingerprint density at radius 1 is 1.33 bits per heavy atom. The van der Waals surface area contributed by atoms with Gasteiger partial charge in [-0.2, -0.15) is 0 Å². The summed E-state index contributed by atoms with van der Waals surface area (Å²) in [5.41, 5.74) is 1.06. The van der Waals surface area contributed by atoms with Crippen LogP contribution in [0.4, 0.5) is 4.39 Å². The minimum absolute atomic E-state index is 0.172.